The van der Waals surface area contributed by atoms with Crippen LogP contribution in [0, 0.1) is 0 Å². The van der Waals surface area contributed by atoms with Crippen LogP contribution in [0.4, 0.5) is 0 Å². The molecule has 1 amide bonds. The van der Waals surface area contributed by atoms with Crippen LogP contribution in [0.15, 0.2) is 83.7 Å². The number of carbonyl (C=O) groups is 1. The van der Waals surface area contributed by atoms with Gasteiger partial charge < -0.3 is 4.90 Å². The summed E-state index contributed by atoms with van der Waals surface area (Å²) in [4.78, 5) is 34.4. The van der Waals surface area contributed by atoms with Gasteiger partial charge >= 0.3 is 0 Å². The van der Waals surface area contributed by atoms with Crippen LogP contribution in [0.5, 0.6) is 0 Å². The number of halogens is 1. The summed E-state index contributed by atoms with van der Waals surface area (Å²) in [6, 6.07) is 23.4. The van der Waals surface area contributed by atoms with E-state index in [1.165, 1.54) is 0 Å². The van der Waals surface area contributed by atoms with Crippen LogP contribution in [-0.2, 0) is 0 Å². The second-order valence-corrected chi connectivity index (χ2v) is 9.04. The molecule has 0 saturated carbocycles. The van der Waals surface area contributed by atoms with E-state index < -0.39 is 6.04 Å². The first-order valence-electron chi connectivity index (χ1n) is 12.2. The normalized spacial score (nSPS) is 12.0. The summed E-state index contributed by atoms with van der Waals surface area (Å²) >= 11 is 6.31. The van der Waals surface area contributed by atoms with E-state index in [1.54, 1.807) is 22.8 Å². The van der Waals surface area contributed by atoms with E-state index >= 15 is 0 Å². The van der Waals surface area contributed by atoms with Crippen LogP contribution < -0.4 is 5.56 Å². The Bertz CT molecular complexity index is 1370. The molecule has 0 aliphatic carbocycles. The number of benzene rings is 3. The average Bonchev–Trinajstić information content (AvgIpc) is 2.88. The largest absolute Gasteiger partial charge is 0.328 e. The van der Waals surface area contributed by atoms with Crippen molar-refractivity contribution >= 4 is 28.4 Å². The molecule has 0 aliphatic heterocycles. The van der Waals surface area contributed by atoms with E-state index in [-0.39, 0.29) is 11.5 Å². The summed E-state index contributed by atoms with van der Waals surface area (Å²) in [6.45, 7) is 4.75. The maximum Gasteiger partial charge on any atom is 0.266 e. The first-order valence-corrected chi connectivity index (χ1v) is 12.6. The lowest BCUT2D eigenvalue weighted by Gasteiger charge is -2.32. The molecule has 0 saturated heterocycles. The summed E-state index contributed by atoms with van der Waals surface area (Å²) in [5, 5.41) is 1.06. The van der Waals surface area contributed by atoms with E-state index in [0.717, 1.165) is 19.3 Å². The molecule has 6 heteroatoms. The fourth-order valence-corrected chi connectivity index (χ4v) is 4.64. The molecule has 0 radical (unpaired) electrons. The average molecular weight is 488 g/mol. The second kappa shape index (κ2) is 11.3. The molecule has 4 rings (SSSR count). The fourth-order valence-electron chi connectivity index (χ4n) is 4.46. The van der Waals surface area contributed by atoms with Gasteiger partial charge in [0.05, 0.1) is 22.6 Å². The predicted molar refractivity (Wildman–Crippen MR) is 142 cm³/mol. The van der Waals surface area contributed by atoms with E-state index in [4.69, 9.17) is 16.6 Å². The van der Waals surface area contributed by atoms with Crippen molar-refractivity contribution in [3.63, 3.8) is 0 Å². The molecule has 1 unspecified atom stereocenters. The van der Waals surface area contributed by atoms with Gasteiger partial charge in [0.2, 0.25) is 0 Å². The number of carbonyl (C=O) groups excluding carboxylic acids is 1. The van der Waals surface area contributed by atoms with Crippen molar-refractivity contribution in [3.8, 4) is 5.69 Å². The van der Waals surface area contributed by atoms with Crippen LogP contribution in [0.1, 0.15) is 61.8 Å². The molecule has 1 heterocycles. The summed E-state index contributed by atoms with van der Waals surface area (Å²) in [7, 11) is 0. The number of nitrogens with zero attached hydrogens (tertiary/aromatic N) is 3. The number of aromatic nitrogens is 2. The Morgan fingerprint density at radius 3 is 2.43 bits per heavy atom. The highest BCUT2D eigenvalue weighted by Crippen LogP contribution is 2.28. The maximum absolute atomic E-state index is 13.8. The molecule has 35 heavy (non-hydrogen) atoms. The van der Waals surface area contributed by atoms with Gasteiger partial charge in [-0.2, -0.15) is 0 Å². The van der Waals surface area contributed by atoms with Gasteiger partial charge in [0, 0.05) is 17.1 Å². The molecule has 180 valence electrons. The number of hydrogen-bond acceptors (Lipinski definition) is 3. The van der Waals surface area contributed by atoms with Gasteiger partial charge in [-0.3, -0.25) is 14.2 Å². The van der Waals surface area contributed by atoms with E-state index in [0.29, 0.717) is 46.0 Å². The molecule has 0 fully saturated rings. The number of fused-ring (bicyclic) bond motifs is 1. The van der Waals surface area contributed by atoms with Gasteiger partial charge in [-0.15, -0.1) is 0 Å². The zero-order valence-electron chi connectivity index (χ0n) is 20.2. The topological polar surface area (TPSA) is 55.2 Å². The molecule has 0 aliphatic rings. The Labute approximate surface area is 211 Å². The van der Waals surface area contributed by atoms with Crippen LogP contribution in [0.3, 0.4) is 0 Å². The third-order valence-corrected chi connectivity index (χ3v) is 6.45. The van der Waals surface area contributed by atoms with E-state index in [9.17, 15) is 9.59 Å². The highest BCUT2D eigenvalue weighted by Gasteiger charge is 2.29. The Balaban J connectivity index is 1.93. The minimum absolute atomic E-state index is 0.0615. The van der Waals surface area contributed by atoms with Gasteiger partial charge in [-0.1, -0.05) is 74.7 Å². The lowest BCUT2D eigenvalue weighted by atomic mass is 10.1. The van der Waals surface area contributed by atoms with Gasteiger partial charge in [0.25, 0.3) is 11.5 Å². The van der Waals surface area contributed by atoms with Crippen molar-refractivity contribution in [3.05, 3.63) is 106 Å². The minimum atomic E-state index is -0.393. The van der Waals surface area contributed by atoms with Gasteiger partial charge in [0.1, 0.15) is 5.82 Å². The number of amides is 1. The molecule has 1 aromatic heterocycles. The van der Waals surface area contributed by atoms with Gasteiger partial charge in [0.15, 0.2) is 0 Å². The number of rotatable bonds is 9. The zero-order chi connectivity index (χ0) is 24.8. The highest BCUT2D eigenvalue weighted by atomic mass is 35.5. The Kier molecular flexibility index (Phi) is 7.98. The van der Waals surface area contributed by atoms with Crippen molar-refractivity contribution in [2.45, 2.75) is 45.6 Å². The number of unbranched alkanes of at least 4 members (excludes halogenated alkanes) is 2. The van der Waals surface area contributed by atoms with Crippen LogP contribution in [-0.4, -0.2) is 26.9 Å². The molecule has 0 bridgehead atoms. The number of para-hydroxylation sites is 1. The SMILES string of the molecule is CCCCCN(C(=O)c1ccccc1)C(CC)c1nc2ccccc2c(=O)n1-c1cccc(Cl)c1. The maximum atomic E-state index is 13.8. The molecule has 3 aromatic carbocycles. The zero-order valence-corrected chi connectivity index (χ0v) is 20.9. The van der Waals surface area contributed by atoms with Crippen molar-refractivity contribution in [1.82, 2.24) is 14.5 Å². The molecular formula is C29H30ClN3O2. The second-order valence-electron chi connectivity index (χ2n) is 8.60. The molecule has 1 atom stereocenters. The molecule has 4 aromatic rings. The first kappa shape index (κ1) is 24.7. The Morgan fingerprint density at radius 2 is 1.71 bits per heavy atom. The molecule has 0 N–H and O–H groups in total. The minimum Gasteiger partial charge on any atom is -0.328 e. The smallest absolute Gasteiger partial charge is 0.266 e. The van der Waals surface area contributed by atoms with Crippen molar-refractivity contribution in [2.24, 2.45) is 0 Å². The Hall–Kier alpha value is -3.44. The van der Waals surface area contributed by atoms with Crippen molar-refractivity contribution in [1.29, 1.82) is 0 Å². The van der Waals surface area contributed by atoms with Gasteiger partial charge in [-0.05, 0) is 55.3 Å². The highest BCUT2D eigenvalue weighted by molar-refractivity contribution is 6.30. The summed E-state index contributed by atoms with van der Waals surface area (Å²) in [5.41, 5.74) is 1.70. The van der Waals surface area contributed by atoms with Crippen LogP contribution in [0.25, 0.3) is 16.6 Å². The van der Waals surface area contributed by atoms with E-state index in [2.05, 4.69) is 6.92 Å². The molecule has 5 nitrogen and oxygen atoms in total. The lowest BCUT2D eigenvalue weighted by Crippen LogP contribution is -2.39. The van der Waals surface area contributed by atoms with Crippen LogP contribution in [0.2, 0.25) is 5.02 Å². The quantitative estimate of drug-likeness (QED) is 0.243. The van der Waals surface area contributed by atoms with Gasteiger partial charge in [-0.25, -0.2) is 4.98 Å². The molecular weight excluding hydrogens is 458 g/mol. The monoisotopic (exact) mass is 487 g/mol. The van der Waals surface area contributed by atoms with Crippen LogP contribution >= 0.6 is 11.6 Å². The predicted octanol–water partition coefficient (Wildman–Crippen LogP) is 6.82. The van der Waals surface area contributed by atoms with Crippen molar-refractivity contribution in [2.75, 3.05) is 6.54 Å². The third kappa shape index (κ3) is 5.30. The summed E-state index contributed by atoms with van der Waals surface area (Å²) in [6.07, 6.45) is 3.55. The molecule has 0 spiro atoms. The Morgan fingerprint density at radius 1 is 0.971 bits per heavy atom. The summed E-state index contributed by atoms with van der Waals surface area (Å²) < 4.78 is 1.62. The number of hydrogen-bond donors (Lipinski definition) is 0. The lowest BCUT2D eigenvalue weighted by molar-refractivity contribution is 0.0655. The third-order valence-electron chi connectivity index (χ3n) is 6.21. The van der Waals surface area contributed by atoms with Crippen molar-refractivity contribution < 1.29 is 4.79 Å². The first-order chi connectivity index (χ1) is 17.0. The standard InChI is InChI=1S/C29H30ClN3O2/c1-3-5-11-19-32(28(34)21-13-7-6-8-14-21)26(4-2)27-31-25-18-10-9-17-24(25)29(35)33(27)23-16-12-15-22(30)20-23/h6-10,12-18,20,26H,3-5,11,19H2,1-2H3. The summed E-state index contributed by atoms with van der Waals surface area (Å²) in [5.74, 6) is 0.479. The van der Waals surface area contributed by atoms with E-state index in [1.807, 2.05) is 72.5 Å². The fraction of sp³-hybridized carbons (Fsp3) is 0.276.